The van der Waals surface area contributed by atoms with Crippen LogP contribution in [0.25, 0.3) is 0 Å². The van der Waals surface area contributed by atoms with Crippen molar-refractivity contribution in [3.63, 3.8) is 0 Å². The van der Waals surface area contributed by atoms with Crippen LogP contribution in [0.5, 0.6) is 0 Å². The quantitative estimate of drug-likeness (QED) is 0.784. The van der Waals surface area contributed by atoms with E-state index in [0.29, 0.717) is 13.2 Å². The summed E-state index contributed by atoms with van der Waals surface area (Å²) in [6, 6.07) is 9.85. The molecule has 2 fully saturated rings. The number of ether oxygens (including phenoxy) is 4. The number of carbonyl (C=O) groups is 1. The highest BCUT2D eigenvalue weighted by Gasteiger charge is 2.55. The minimum Gasteiger partial charge on any atom is -0.455 e. The van der Waals surface area contributed by atoms with Crippen LogP contribution in [0.2, 0.25) is 0 Å². The van der Waals surface area contributed by atoms with E-state index in [0.717, 1.165) is 5.56 Å². The summed E-state index contributed by atoms with van der Waals surface area (Å²) in [5.74, 6) is -1.11. The van der Waals surface area contributed by atoms with Crippen molar-refractivity contribution >= 4 is 5.97 Å². The second-order valence-corrected chi connectivity index (χ2v) is 5.50. The molecule has 0 amide bonds. The van der Waals surface area contributed by atoms with Gasteiger partial charge in [-0.25, -0.2) is 4.79 Å². The second kappa shape index (κ2) is 5.16. The van der Waals surface area contributed by atoms with Crippen molar-refractivity contribution in [2.24, 2.45) is 0 Å². The van der Waals surface area contributed by atoms with Crippen molar-refractivity contribution in [1.82, 2.24) is 0 Å². The van der Waals surface area contributed by atoms with Crippen molar-refractivity contribution < 1.29 is 23.7 Å². The molecule has 20 heavy (non-hydrogen) atoms. The Bertz CT molecular complexity index is 484. The number of carbonyl (C=O) groups excluding carboxylic acids is 1. The highest BCUT2D eigenvalue weighted by molar-refractivity contribution is 5.78. The van der Waals surface area contributed by atoms with Crippen LogP contribution in [0.4, 0.5) is 0 Å². The van der Waals surface area contributed by atoms with Crippen LogP contribution in [0.15, 0.2) is 30.3 Å². The van der Waals surface area contributed by atoms with E-state index in [1.165, 1.54) is 0 Å². The van der Waals surface area contributed by atoms with E-state index in [-0.39, 0.29) is 12.1 Å². The third kappa shape index (κ3) is 2.70. The van der Waals surface area contributed by atoms with Crippen molar-refractivity contribution in [2.75, 3.05) is 6.61 Å². The summed E-state index contributed by atoms with van der Waals surface area (Å²) in [5.41, 5.74) is 1.08. The first-order chi connectivity index (χ1) is 9.55. The molecule has 0 saturated carbocycles. The smallest absolute Gasteiger partial charge is 0.338 e. The molecular weight excluding hydrogens is 260 g/mol. The van der Waals surface area contributed by atoms with E-state index in [2.05, 4.69) is 0 Å². The highest BCUT2D eigenvalue weighted by Crippen LogP contribution is 2.36. The van der Waals surface area contributed by atoms with E-state index in [4.69, 9.17) is 18.9 Å². The van der Waals surface area contributed by atoms with Crippen LogP contribution in [-0.4, -0.2) is 36.7 Å². The van der Waals surface area contributed by atoms with Gasteiger partial charge in [0.2, 0.25) is 0 Å². The summed E-state index contributed by atoms with van der Waals surface area (Å²) in [6.07, 6.45) is -1.42. The van der Waals surface area contributed by atoms with Crippen molar-refractivity contribution in [3.05, 3.63) is 35.9 Å². The van der Waals surface area contributed by atoms with Crippen LogP contribution >= 0.6 is 0 Å². The number of fused-ring (bicyclic) bond motifs is 1. The molecule has 1 aromatic carbocycles. The summed E-state index contributed by atoms with van der Waals surface area (Å²) < 4.78 is 22.1. The molecule has 2 saturated heterocycles. The molecule has 3 atom stereocenters. The number of cyclic esters (lactones) is 1. The molecule has 0 aromatic heterocycles. The average Bonchev–Trinajstić information content (AvgIpc) is 2.87. The standard InChI is InChI=1S/C15H18O5/c1-15(2)19-12-11(18-14(16)13(12)20-15)9-17-8-10-6-4-3-5-7-10/h3-7,11-13H,8-9H2,1-2H3/t11?,12?,13-/m0/s1. The van der Waals surface area contributed by atoms with Gasteiger partial charge in [0.25, 0.3) is 0 Å². The number of benzene rings is 1. The molecule has 0 aliphatic carbocycles. The molecule has 2 aliphatic heterocycles. The molecule has 3 rings (SSSR count). The zero-order valence-corrected chi connectivity index (χ0v) is 11.6. The fourth-order valence-electron chi connectivity index (χ4n) is 2.52. The van der Waals surface area contributed by atoms with Crippen molar-refractivity contribution in [1.29, 1.82) is 0 Å². The van der Waals surface area contributed by atoms with Gasteiger partial charge in [-0.3, -0.25) is 0 Å². The summed E-state index contributed by atoms with van der Waals surface area (Å²) in [5, 5.41) is 0. The van der Waals surface area contributed by atoms with Crippen LogP contribution < -0.4 is 0 Å². The van der Waals surface area contributed by atoms with Gasteiger partial charge in [-0.1, -0.05) is 30.3 Å². The molecule has 0 N–H and O–H groups in total. The maximum absolute atomic E-state index is 11.7. The molecule has 0 radical (unpaired) electrons. The molecule has 5 nitrogen and oxygen atoms in total. The highest BCUT2D eigenvalue weighted by atomic mass is 16.8. The number of hydrogen-bond donors (Lipinski definition) is 0. The van der Waals surface area contributed by atoms with Crippen LogP contribution in [0, 0.1) is 0 Å². The first kappa shape index (κ1) is 13.5. The number of rotatable bonds is 4. The first-order valence-corrected chi connectivity index (χ1v) is 6.73. The van der Waals surface area contributed by atoms with Gasteiger partial charge in [-0.05, 0) is 19.4 Å². The van der Waals surface area contributed by atoms with Gasteiger partial charge in [0.15, 0.2) is 18.0 Å². The maximum atomic E-state index is 11.7. The van der Waals surface area contributed by atoms with Gasteiger partial charge < -0.3 is 18.9 Å². The Kier molecular flexibility index (Phi) is 3.50. The zero-order chi connectivity index (χ0) is 14.2. The lowest BCUT2D eigenvalue weighted by molar-refractivity contribution is -0.190. The molecule has 2 aliphatic rings. The first-order valence-electron chi connectivity index (χ1n) is 6.73. The van der Waals surface area contributed by atoms with Gasteiger partial charge in [-0.2, -0.15) is 0 Å². The molecule has 0 spiro atoms. The Morgan fingerprint density at radius 1 is 1.20 bits per heavy atom. The third-order valence-electron chi connectivity index (χ3n) is 3.39. The molecule has 1 aromatic rings. The van der Waals surface area contributed by atoms with E-state index in [9.17, 15) is 4.79 Å². The lowest BCUT2D eigenvalue weighted by atomic mass is 10.1. The second-order valence-electron chi connectivity index (χ2n) is 5.50. The lowest BCUT2D eigenvalue weighted by Gasteiger charge is -2.21. The maximum Gasteiger partial charge on any atom is 0.338 e. The monoisotopic (exact) mass is 278 g/mol. The Morgan fingerprint density at radius 3 is 2.70 bits per heavy atom. The summed E-state index contributed by atoms with van der Waals surface area (Å²) in [6.45, 7) is 4.37. The fourth-order valence-corrected chi connectivity index (χ4v) is 2.52. The van der Waals surface area contributed by atoms with Gasteiger partial charge in [0.1, 0.15) is 6.10 Å². The Morgan fingerprint density at radius 2 is 1.95 bits per heavy atom. The zero-order valence-electron chi connectivity index (χ0n) is 11.6. The van der Waals surface area contributed by atoms with Crippen LogP contribution in [0.3, 0.4) is 0 Å². The number of hydrogen-bond acceptors (Lipinski definition) is 5. The predicted molar refractivity (Wildman–Crippen MR) is 69.8 cm³/mol. The normalized spacial score (nSPS) is 31.1. The molecule has 0 bridgehead atoms. The van der Waals surface area contributed by atoms with E-state index in [1.807, 2.05) is 30.3 Å². The molecule has 5 heteroatoms. The van der Waals surface area contributed by atoms with E-state index < -0.39 is 18.0 Å². The minimum atomic E-state index is -0.744. The summed E-state index contributed by atoms with van der Waals surface area (Å²) in [4.78, 5) is 11.7. The van der Waals surface area contributed by atoms with E-state index >= 15 is 0 Å². The Hall–Kier alpha value is -1.43. The summed E-state index contributed by atoms with van der Waals surface area (Å²) in [7, 11) is 0. The average molecular weight is 278 g/mol. The SMILES string of the molecule is CC1(C)OC2C(COCc3ccccc3)OC(=O)[C@H]2O1. The molecular formula is C15H18O5. The van der Waals surface area contributed by atoms with Gasteiger partial charge in [0.05, 0.1) is 13.2 Å². The van der Waals surface area contributed by atoms with Crippen molar-refractivity contribution in [3.8, 4) is 0 Å². The molecule has 2 unspecified atom stereocenters. The predicted octanol–water partition coefficient (Wildman–Crippen LogP) is 1.65. The van der Waals surface area contributed by atoms with Gasteiger partial charge >= 0.3 is 5.97 Å². The van der Waals surface area contributed by atoms with Gasteiger partial charge in [-0.15, -0.1) is 0 Å². The summed E-state index contributed by atoms with van der Waals surface area (Å²) >= 11 is 0. The molecule has 108 valence electrons. The minimum absolute atomic E-state index is 0.307. The fraction of sp³-hybridized carbons (Fsp3) is 0.533. The van der Waals surface area contributed by atoms with E-state index in [1.54, 1.807) is 13.8 Å². The number of esters is 1. The lowest BCUT2D eigenvalue weighted by Crippen LogP contribution is -2.32. The topological polar surface area (TPSA) is 54.0 Å². The van der Waals surface area contributed by atoms with Crippen LogP contribution in [-0.2, 0) is 30.3 Å². The van der Waals surface area contributed by atoms with Crippen LogP contribution in [0.1, 0.15) is 19.4 Å². The Balaban J connectivity index is 1.55. The van der Waals surface area contributed by atoms with Gasteiger partial charge in [0, 0.05) is 0 Å². The third-order valence-corrected chi connectivity index (χ3v) is 3.39. The Labute approximate surface area is 117 Å². The largest absolute Gasteiger partial charge is 0.455 e. The van der Waals surface area contributed by atoms with Crippen molar-refractivity contribution in [2.45, 2.75) is 44.6 Å². The molecule has 2 heterocycles.